The van der Waals surface area contributed by atoms with Crippen molar-refractivity contribution in [1.29, 1.82) is 0 Å². The summed E-state index contributed by atoms with van der Waals surface area (Å²) in [6.45, 7) is 2.54. The van der Waals surface area contributed by atoms with Gasteiger partial charge in [-0.05, 0) is 56.3 Å². The van der Waals surface area contributed by atoms with Gasteiger partial charge in [-0.2, -0.15) is 0 Å². The number of rotatable bonds is 6. The van der Waals surface area contributed by atoms with Crippen molar-refractivity contribution in [3.8, 4) is 11.5 Å². The van der Waals surface area contributed by atoms with Gasteiger partial charge in [-0.25, -0.2) is 0 Å². The van der Waals surface area contributed by atoms with E-state index in [0.29, 0.717) is 12.6 Å². The molecule has 0 saturated carbocycles. The Morgan fingerprint density at radius 1 is 0.917 bits per heavy atom. The normalized spacial score (nSPS) is 17.8. The molecule has 1 atom stereocenters. The maximum absolute atomic E-state index is 5.94. The molecule has 1 aliphatic heterocycles. The van der Waals surface area contributed by atoms with Crippen molar-refractivity contribution in [1.82, 2.24) is 4.90 Å². The van der Waals surface area contributed by atoms with Crippen molar-refractivity contribution < 1.29 is 9.47 Å². The first-order valence-electron chi connectivity index (χ1n) is 8.41. The lowest BCUT2D eigenvalue weighted by Gasteiger charge is -2.32. The van der Waals surface area contributed by atoms with Gasteiger partial charge in [0.2, 0.25) is 0 Å². The molecule has 130 valence electrons. The van der Waals surface area contributed by atoms with Gasteiger partial charge in [0.1, 0.15) is 24.7 Å². The van der Waals surface area contributed by atoms with Gasteiger partial charge in [0.05, 0.1) is 0 Å². The third kappa shape index (κ3) is 5.43. The van der Waals surface area contributed by atoms with Gasteiger partial charge in [-0.15, -0.1) is 12.4 Å². The molecule has 0 N–H and O–H groups in total. The van der Waals surface area contributed by atoms with E-state index in [9.17, 15) is 0 Å². The molecular formula is C20H26ClNO2. The van der Waals surface area contributed by atoms with E-state index in [1.807, 2.05) is 42.5 Å². The molecule has 3 nitrogen and oxygen atoms in total. The van der Waals surface area contributed by atoms with Gasteiger partial charge in [-0.3, -0.25) is 0 Å². The van der Waals surface area contributed by atoms with E-state index in [2.05, 4.69) is 24.1 Å². The van der Waals surface area contributed by atoms with Crippen molar-refractivity contribution in [2.45, 2.75) is 31.9 Å². The second-order valence-corrected chi connectivity index (χ2v) is 6.19. The van der Waals surface area contributed by atoms with Crippen LogP contribution in [0.25, 0.3) is 0 Å². The standard InChI is InChI=1S/C20H25NO2.ClH/c1-21-14-6-5-9-18(21)16-23-20-12-10-19(11-13-20)22-15-17-7-3-2-4-8-17;/h2-4,7-8,10-13,18H,5-6,9,14-16H2,1H3;1H. The van der Waals surface area contributed by atoms with Crippen molar-refractivity contribution in [3.05, 3.63) is 60.2 Å². The monoisotopic (exact) mass is 347 g/mol. The molecule has 0 amide bonds. The van der Waals surface area contributed by atoms with E-state index in [0.717, 1.165) is 18.1 Å². The summed E-state index contributed by atoms with van der Waals surface area (Å²) in [6.07, 6.45) is 3.85. The quantitative estimate of drug-likeness (QED) is 0.765. The molecule has 3 rings (SSSR count). The minimum atomic E-state index is 0. The average Bonchev–Trinajstić information content (AvgIpc) is 2.61. The molecule has 1 heterocycles. The average molecular weight is 348 g/mol. The van der Waals surface area contributed by atoms with E-state index in [1.54, 1.807) is 0 Å². The summed E-state index contributed by atoms with van der Waals surface area (Å²) < 4.78 is 11.7. The molecule has 0 spiro atoms. The summed E-state index contributed by atoms with van der Waals surface area (Å²) in [5.74, 6) is 1.78. The molecule has 0 radical (unpaired) electrons. The number of halogens is 1. The second-order valence-electron chi connectivity index (χ2n) is 6.19. The van der Waals surface area contributed by atoms with E-state index in [-0.39, 0.29) is 12.4 Å². The van der Waals surface area contributed by atoms with E-state index < -0.39 is 0 Å². The molecule has 2 aromatic rings. The highest BCUT2D eigenvalue weighted by Crippen LogP contribution is 2.21. The van der Waals surface area contributed by atoms with Gasteiger partial charge < -0.3 is 14.4 Å². The Labute approximate surface area is 151 Å². The second kappa shape index (κ2) is 9.55. The Bertz CT molecular complexity index is 588. The van der Waals surface area contributed by atoms with Crippen LogP contribution < -0.4 is 9.47 Å². The highest BCUT2D eigenvalue weighted by Gasteiger charge is 2.19. The fraction of sp³-hybridized carbons (Fsp3) is 0.400. The fourth-order valence-corrected chi connectivity index (χ4v) is 2.92. The Morgan fingerprint density at radius 3 is 2.25 bits per heavy atom. The molecule has 0 aromatic heterocycles. The summed E-state index contributed by atoms with van der Waals surface area (Å²) in [5, 5.41) is 0. The van der Waals surface area contributed by atoms with Crippen LogP contribution in [0, 0.1) is 0 Å². The van der Waals surface area contributed by atoms with E-state index >= 15 is 0 Å². The SMILES string of the molecule is CN1CCCCC1COc1ccc(OCc2ccccc2)cc1.Cl. The Hall–Kier alpha value is -1.71. The van der Waals surface area contributed by atoms with Crippen LogP contribution >= 0.6 is 12.4 Å². The zero-order chi connectivity index (χ0) is 15.9. The van der Waals surface area contributed by atoms with Crippen molar-refractivity contribution in [2.75, 3.05) is 20.2 Å². The molecule has 0 aliphatic carbocycles. The van der Waals surface area contributed by atoms with Crippen LogP contribution in [0.4, 0.5) is 0 Å². The number of ether oxygens (including phenoxy) is 2. The van der Waals surface area contributed by atoms with E-state index in [4.69, 9.17) is 9.47 Å². The van der Waals surface area contributed by atoms with Crippen LogP contribution in [0.3, 0.4) is 0 Å². The topological polar surface area (TPSA) is 21.7 Å². The van der Waals surface area contributed by atoms with Gasteiger partial charge in [-0.1, -0.05) is 36.8 Å². The third-order valence-electron chi connectivity index (χ3n) is 4.44. The molecule has 1 saturated heterocycles. The molecule has 1 unspecified atom stereocenters. The number of hydrogen-bond acceptors (Lipinski definition) is 3. The lowest BCUT2D eigenvalue weighted by molar-refractivity contribution is 0.125. The summed E-state index contributed by atoms with van der Waals surface area (Å²) in [4.78, 5) is 2.40. The summed E-state index contributed by atoms with van der Waals surface area (Å²) >= 11 is 0. The zero-order valence-corrected chi connectivity index (χ0v) is 15.0. The van der Waals surface area contributed by atoms with Crippen LogP contribution in [0.5, 0.6) is 11.5 Å². The maximum atomic E-state index is 5.94. The Kier molecular flexibility index (Phi) is 7.41. The first-order valence-corrected chi connectivity index (χ1v) is 8.41. The Balaban J connectivity index is 0.00000208. The third-order valence-corrected chi connectivity index (χ3v) is 4.44. The van der Waals surface area contributed by atoms with Gasteiger partial charge >= 0.3 is 0 Å². The number of hydrogen-bond donors (Lipinski definition) is 0. The number of piperidine rings is 1. The molecular weight excluding hydrogens is 322 g/mol. The number of benzene rings is 2. The van der Waals surface area contributed by atoms with Crippen molar-refractivity contribution >= 4 is 12.4 Å². The Morgan fingerprint density at radius 2 is 1.58 bits per heavy atom. The highest BCUT2D eigenvalue weighted by molar-refractivity contribution is 5.85. The molecule has 1 aliphatic rings. The first-order chi connectivity index (χ1) is 11.3. The maximum Gasteiger partial charge on any atom is 0.120 e. The smallest absolute Gasteiger partial charge is 0.120 e. The largest absolute Gasteiger partial charge is 0.492 e. The molecule has 2 aromatic carbocycles. The fourth-order valence-electron chi connectivity index (χ4n) is 2.92. The lowest BCUT2D eigenvalue weighted by atomic mass is 10.0. The zero-order valence-electron chi connectivity index (χ0n) is 14.2. The predicted molar refractivity (Wildman–Crippen MR) is 100 cm³/mol. The minimum absolute atomic E-state index is 0. The number of likely N-dealkylation sites (N-methyl/N-ethyl adjacent to an activating group) is 1. The van der Waals surface area contributed by atoms with Crippen molar-refractivity contribution in [3.63, 3.8) is 0 Å². The van der Waals surface area contributed by atoms with E-state index in [1.165, 1.54) is 31.4 Å². The summed E-state index contributed by atoms with van der Waals surface area (Å²) in [7, 11) is 2.19. The minimum Gasteiger partial charge on any atom is -0.492 e. The van der Waals surface area contributed by atoms with Crippen LogP contribution in [0.15, 0.2) is 54.6 Å². The molecule has 24 heavy (non-hydrogen) atoms. The first kappa shape index (κ1) is 18.6. The summed E-state index contributed by atoms with van der Waals surface area (Å²) in [6, 6.07) is 18.7. The number of likely N-dealkylation sites (tertiary alicyclic amines) is 1. The van der Waals surface area contributed by atoms with Crippen LogP contribution in [-0.4, -0.2) is 31.1 Å². The number of nitrogens with zero attached hydrogens (tertiary/aromatic N) is 1. The van der Waals surface area contributed by atoms with Gasteiger partial charge in [0, 0.05) is 6.04 Å². The van der Waals surface area contributed by atoms with Crippen LogP contribution in [-0.2, 0) is 6.61 Å². The van der Waals surface area contributed by atoms with Gasteiger partial charge in [0.15, 0.2) is 0 Å². The predicted octanol–water partition coefficient (Wildman–Crippen LogP) is 4.55. The molecule has 0 bridgehead atoms. The lowest BCUT2D eigenvalue weighted by Crippen LogP contribution is -2.40. The van der Waals surface area contributed by atoms with Crippen LogP contribution in [0.1, 0.15) is 24.8 Å². The summed E-state index contributed by atoms with van der Waals surface area (Å²) in [5.41, 5.74) is 1.17. The van der Waals surface area contributed by atoms with Crippen molar-refractivity contribution in [2.24, 2.45) is 0 Å². The van der Waals surface area contributed by atoms with Crippen LogP contribution in [0.2, 0.25) is 0 Å². The molecule has 4 heteroatoms. The highest BCUT2D eigenvalue weighted by atomic mass is 35.5. The molecule has 1 fully saturated rings. The van der Waals surface area contributed by atoms with Gasteiger partial charge in [0.25, 0.3) is 0 Å².